The molecule has 0 bridgehead atoms. The van der Waals surface area contributed by atoms with E-state index in [9.17, 15) is 4.79 Å². The Morgan fingerprint density at radius 2 is 2.00 bits per heavy atom. The van der Waals surface area contributed by atoms with Gasteiger partial charge in [0.1, 0.15) is 0 Å². The standard InChI is InChI=1S/C19H17N5OS/c1-11-5-4-6-15(7-11)23-12(2)8-14(13(23)3)9-16-17(20)24-19(22-18(16)25)26-10-21-24/h4-10,20H,1-3H3/b16-9+,20-17?. The molecule has 0 atom stereocenters. The molecular weight excluding hydrogens is 346 g/mol. The number of benzene rings is 1. The number of fused-ring (bicyclic) bond motifs is 1. The molecule has 130 valence electrons. The largest absolute Gasteiger partial charge is 0.318 e. The molecule has 0 radical (unpaired) electrons. The number of amides is 1. The number of aryl methyl sites for hydroxylation is 2. The monoisotopic (exact) mass is 363 g/mol. The Morgan fingerprint density at radius 1 is 1.19 bits per heavy atom. The predicted octanol–water partition coefficient (Wildman–Crippen LogP) is 3.65. The van der Waals surface area contributed by atoms with Crippen LogP contribution in [0.1, 0.15) is 22.5 Å². The van der Waals surface area contributed by atoms with Crippen LogP contribution in [0.3, 0.4) is 0 Å². The highest BCUT2D eigenvalue weighted by Gasteiger charge is 2.32. The number of rotatable bonds is 2. The highest BCUT2D eigenvalue weighted by Crippen LogP contribution is 2.27. The van der Waals surface area contributed by atoms with Crippen molar-refractivity contribution in [1.29, 1.82) is 5.41 Å². The topological polar surface area (TPSA) is 73.8 Å². The van der Waals surface area contributed by atoms with Gasteiger partial charge in [-0.2, -0.15) is 15.1 Å². The van der Waals surface area contributed by atoms with E-state index in [1.54, 1.807) is 11.6 Å². The van der Waals surface area contributed by atoms with Crippen molar-refractivity contribution >= 4 is 40.3 Å². The molecule has 3 heterocycles. The number of aromatic nitrogens is 1. The first kappa shape index (κ1) is 16.5. The summed E-state index contributed by atoms with van der Waals surface area (Å²) >= 11 is 1.24. The highest BCUT2D eigenvalue weighted by atomic mass is 32.2. The van der Waals surface area contributed by atoms with Gasteiger partial charge in [-0.1, -0.05) is 12.1 Å². The second-order valence-corrected chi connectivity index (χ2v) is 7.07. The van der Waals surface area contributed by atoms with E-state index in [2.05, 4.69) is 39.8 Å². The molecule has 1 aromatic carbocycles. The van der Waals surface area contributed by atoms with Crippen LogP contribution in [-0.4, -0.2) is 32.0 Å². The molecule has 26 heavy (non-hydrogen) atoms. The number of nitrogens with zero attached hydrogens (tertiary/aromatic N) is 4. The van der Waals surface area contributed by atoms with Crippen LogP contribution in [0.25, 0.3) is 11.8 Å². The Morgan fingerprint density at radius 3 is 2.77 bits per heavy atom. The summed E-state index contributed by atoms with van der Waals surface area (Å²) in [6.07, 6.45) is 1.73. The molecule has 1 amide bonds. The minimum Gasteiger partial charge on any atom is -0.318 e. The molecule has 1 N–H and O–H groups in total. The summed E-state index contributed by atoms with van der Waals surface area (Å²) in [5.74, 6) is -0.346. The number of carbonyl (C=O) groups excluding carboxylic acids is 1. The number of hydrogen-bond donors (Lipinski definition) is 1. The fraction of sp³-hybridized carbons (Fsp3) is 0.158. The van der Waals surface area contributed by atoms with Crippen molar-refractivity contribution in [3.05, 3.63) is 58.4 Å². The van der Waals surface area contributed by atoms with E-state index in [4.69, 9.17) is 5.41 Å². The van der Waals surface area contributed by atoms with E-state index in [-0.39, 0.29) is 11.4 Å². The van der Waals surface area contributed by atoms with Gasteiger partial charge >= 0.3 is 0 Å². The third-order valence-corrected chi connectivity index (χ3v) is 5.10. The first-order chi connectivity index (χ1) is 12.5. The summed E-state index contributed by atoms with van der Waals surface area (Å²) in [6, 6.07) is 10.3. The Bertz CT molecular complexity index is 1040. The molecule has 2 aliphatic rings. The zero-order valence-electron chi connectivity index (χ0n) is 14.6. The number of hydrogen-bond acceptors (Lipinski definition) is 4. The lowest BCUT2D eigenvalue weighted by Crippen LogP contribution is -2.35. The zero-order chi connectivity index (χ0) is 18.4. The molecule has 0 unspecified atom stereocenters. The van der Waals surface area contributed by atoms with E-state index in [1.165, 1.54) is 22.3 Å². The summed E-state index contributed by atoms with van der Waals surface area (Å²) in [7, 11) is 0. The SMILES string of the molecule is Cc1cccc(-n2c(C)cc(/C=C3\C(=N)N4N=CSC4=NC3=O)c2C)c1. The van der Waals surface area contributed by atoms with Crippen molar-refractivity contribution in [3.63, 3.8) is 0 Å². The maximum absolute atomic E-state index is 12.4. The number of amidine groups is 2. The molecule has 6 nitrogen and oxygen atoms in total. The van der Waals surface area contributed by atoms with E-state index in [0.717, 1.165) is 22.6 Å². The molecule has 1 aromatic heterocycles. The smallest absolute Gasteiger partial charge is 0.283 e. The number of hydrazone groups is 1. The van der Waals surface area contributed by atoms with Gasteiger partial charge in [-0.25, -0.2) is 0 Å². The lowest BCUT2D eigenvalue weighted by molar-refractivity contribution is -0.114. The van der Waals surface area contributed by atoms with Crippen molar-refractivity contribution in [2.75, 3.05) is 0 Å². The van der Waals surface area contributed by atoms with Crippen LogP contribution < -0.4 is 0 Å². The molecule has 0 saturated carbocycles. The second-order valence-electron chi connectivity index (χ2n) is 6.26. The van der Waals surface area contributed by atoms with Crippen molar-refractivity contribution in [3.8, 4) is 5.69 Å². The lowest BCUT2D eigenvalue weighted by atomic mass is 10.1. The summed E-state index contributed by atoms with van der Waals surface area (Å²) < 4.78 is 2.15. The summed E-state index contributed by atoms with van der Waals surface area (Å²) in [6.45, 7) is 6.10. The summed E-state index contributed by atoms with van der Waals surface area (Å²) in [5, 5.41) is 14.2. The van der Waals surface area contributed by atoms with Crippen LogP contribution in [0.15, 0.2) is 46.0 Å². The first-order valence-electron chi connectivity index (χ1n) is 8.14. The first-order valence-corrected chi connectivity index (χ1v) is 9.02. The minimum absolute atomic E-state index is 0.0570. The Balaban J connectivity index is 1.79. The second kappa shape index (κ2) is 6.10. The van der Waals surface area contributed by atoms with Crippen molar-refractivity contribution in [1.82, 2.24) is 9.58 Å². The Hall–Kier alpha value is -2.93. The molecular formula is C19H17N5OS. The van der Waals surface area contributed by atoms with E-state index < -0.39 is 5.91 Å². The summed E-state index contributed by atoms with van der Waals surface area (Å²) in [4.78, 5) is 16.4. The maximum Gasteiger partial charge on any atom is 0.283 e. The molecule has 0 saturated heterocycles. The van der Waals surface area contributed by atoms with Gasteiger partial charge in [0, 0.05) is 17.1 Å². The van der Waals surface area contributed by atoms with Gasteiger partial charge in [0.2, 0.25) is 0 Å². The third-order valence-electron chi connectivity index (χ3n) is 4.43. The number of thioether (sulfide) groups is 1. The van der Waals surface area contributed by atoms with E-state index in [0.29, 0.717) is 5.17 Å². The molecule has 7 heteroatoms. The van der Waals surface area contributed by atoms with Crippen LogP contribution in [0, 0.1) is 26.2 Å². The fourth-order valence-corrected chi connectivity index (χ4v) is 3.80. The van der Waals surface area contributed by atoms with Crippen LogP contribution in [0.2, 0.25) is 0 Å². The number of aliphatic imine (C=N–C) groups is 1. The van der Waals surface area contributed by atoms with Gasteiger partial charge in [-0.3, -0.25) is 10.2 Å². The van der Waals surface area contributed by atoms with Gasteiger partial charge in [0.25, 0.3) is 5.91 Å². The van der Waals surface area contributed by atoms with Gasteiger partial charge < -0.3 is 4.57 Å². The predicted molar refractivity (Wildman–Crippen MR) is 106 cm³/mol. The minimum atomic E-state index is -0.403. The Kier molecular flexibility index (Phi) is 3.88. The van der Waals surface area contributed by atoms with Gasteiger partial charge in [0.15, 0.2) is 11.0 Å². The Labute approximate surface area is 155 Å². The van der Waals surface area contributed by atoms with Crippen molar-refractivity contribution in [2.45, 2.75) is 20.8 Å². The van der Waals surface area contributed by atoms with Crippen molar-refractivity contribution in [2.24, 2.45) is 10.1 Å². The average molecular weight is 363 g/mol. The normalized spacial score (nSPS) is 17.9. The van der Waals surface area contributed by atoms with Gasteiger partial charge in [0.05, 0.1) is 11.1 Å². The fourth-order valence-electron chi connectivity index (χ4n) is 3.19. The zero-order valence-corrected chi connectivity index (χ0v) is 15.5. The van der Waals surface area contributed by atoms with E-state index >= 15 is 0 Å². The molecule has 0 spiro atoms. The van der Waals surface area contributed by atoms with Crippen molar-refractivity contribution < 1.29 is 4.79 Å². The van der Waals surface area contributed by atoms with Crippen LogP contribution >= 0.6 is 11.8 Å². The summed E-state index contributed by atoms with van der Waals surface area (Å²) in [5.41, 5.74) is 7.06. The van der Waals surface area contributed by atoms with Crippen LogP contribution in [0.4, 0.5) is 0 Å². The molecule has 0 fully saturated rings. The van der Waals surface area contributed by atoms with Gasteiger partial charge in [-0.15, -0.1) is 0 Å². The average Bonchev–Trinajstić information content (AvgIpc) is 3.16. The highest BCUT2D eigenvalue weighted by molar-refractivity contribution is 8.25. The van der Waals surface area contributed by atoms with E-state index in [1.807, 2.05) is 26.0 Å². The third kappa shape index (κ3) is 2.61. The molecule has 0 aliphatic carbocycles. The molecule has 4 rings (SSSR count). The van der Waals surface area contributed by atoms with Gasteiger partial charge in [-0.05, 0) is 67.9 Å². The number of nitrogens with one attached hydrogen (secondary N) is 1. The van der Waals surface area contributed by atoms with Crippen LogP contribution in [0.5, 0.6) is 0 Å². The number of carbonyl (C=O) groups is 1. The lowest BCUT2D eigenvalue weighted by Gasteiger charge is -2.20. The molecule has 2 aromatic rings. The van der Waals surface area contributed by atoms with Crippen LogP contribution in [-0.2, 0) is 4.79 Å². The quantitative estimate of drug-likeness (QED) is 0.828. The maximum atomic E-state index is 12.4. The molecule has 2 aliphatic heterocycles.